The third kappa shape index (κ3) is 6.93. The van der Waals surface area contributed by atoms with Crippen LogP contribution >= 0.6 is 0 Å². The lowest BCUT2D eigenvalue weighted by atomic mass is 10.1. The lowest BCUT2D eigenvalue weighted by molar-refractivity contribution is 0.00749. The lowest BCUT2D eigenvalue weighted by Crippen LogP contribution is -2.49. The number of anilines is 1. The van der Waals surface area contributed by atoms with Crippen LogP contribution in [0.25, 0.3) is 0 Å². The van der Waals surface area contributed by atoms with Gasteiger partial charge < -0.3 is 15.0 Å². The second-order valence-electron chi connectivity index (χ2n) is 8.11. The highest BCUT2D eigenvalue weighted by Gasteiger charge is 2.30. The largest absolute Gasteiger partial charge is 0.444 e. The van der Waals surface area contributed by atoms with Crippen molar-refractivity contribution < 1.29 is 9.53 Å². The van der Waals surface area contributed by atoms with Crippen LogP contribution in [0.2, 0.25) is 0 Å². The van der Waals surface area contributed by atoms with E-state index in [0.717, 1.165) is 5.69 Å². The third-order valence-electron chi connectivity index (χ3n) is 3.31. The molecule has 1 rings (SSSR count). The van der Waals surface area contributed by atoms with Gasteiger partial charge in [0.25, 0.3) is 0 Å². The fourth-order valence-electron chi connectivity index (χ4n) is 2.41. The van der Waals surface area contributed by atoms with Gasteiger partial charge in [-0.25, -0.2) is 4.79 Å². The predicted molar refractivity (Wildman–Crippen MR) is 97.1 cm³/mol. The van der Waals surface area contributed by atoms with E-state index >= 15 is 0 Å². The molecule has 0 saturated heterocycles. The Kier molecular flexibility index (Phi) is 6.09. The van der Waals surface area contributed by atoms with Crippen molar-refractivity contribution >= 4 is 11.8 Å². The minimum atomic E-state index is -0.484. The van der Waals surface area contributed by atoms with Crippen LogP contribution in [-0.2, 0) is 4.74 Å². The molecule has 0 spiro atoms. The molecular formula is C19H32N2O2. The van der Waals surface area contributed by atoms with E-state index in [9.17, 15) is 4.79 Å². The molecular weight excluding hydrogens is 288 g/mol. The summed E-state index contributed by atoms with van der Waals surface area (Å²) in [5.74, 6) is 0. The zero-order chi connectivity index (χ0) is 17.8. The van der Waals surface area contributed by atoms with Crippen LogP contribution in [0.15, 0.2) is 18.2 Å². The van der Waals surface area contributed by atoms with E-state index in [0.29, 0.717) is 13.1 Å². The van der Waals surface area contributed by atoms with Crippen molar-refractivity contribution in [3.8, 4) is 0 Å². The van der Waals surface area contributed by atoms with Gasteiger partial charge in [-0.3, -0.25) is 0 Å². The number of amides is 1. The number of nitrogens with zero attached hydrogens (tertiary/aromatic N) is 1. The number of aryl methyl sites for hydroxylation is 2. The Morgan fingerprint density at radius 1 is 1.04 bits per heavy atom. The summed E-state index contributed by atoms with van der Waals surface area (Å²) >= 11 is 0. The SMILES string of the molecule is Cc1cc(C)cc(NCCN(C(=O)OC(C)(C)C)C(C)(C)C)c1. The molecule has 0 fully saturated rings. The Labute approximate surface area is 141 Å². The summed E-state index contributed by atoms with van der Waals surface area (Å²) in [6.45, 7) is 17.2. The summed E-state index contributed by atoms with van der Waals surface area (Å²) in [7, 11) is 0. The van der Waals surface area contributed by atoms with Crippen LogP contribution in [0, 0.1) is 13.8 Å². The summed E-state index contributed by atoms with van der Waals surface area (Å²) in [5, 5.41) is 3.40. The van der Waals surface area contributed by atoms with Crippen LogP contribution in [0.4, 0.5) is 10.5 Å². The number of carbonyl (C=O) groups excluding carboxylic acids is 1. The first-order valence-electron chi connectivity index (χ1n) is 8.21. The maximum Gasteiger partial charge on any atom is 0.410 e. The van der Waals surface area contributed by atoms with Crippen LogP contribution in [0.5, 0.6) is 0 Å². The quantitative estimate of drug-likeness (QED) is 0.870. The number of rotatable bonds is 4. The predicted octanol–water partition coefficient (Wildman–Crippen LogP) is 4.75. The number of carbonyl (C=O) groups is 1. The topological polar surface area (TPSA) is 41.6 Å². The van der Waals surface area contributed by atoms with Crippen LogP contribution in [-0.4, -0.2) is 35.2 Å². The first-order valence-corrected chi connectivity index (χ1v) is 8.21. The zero-order valence-electron chi connectivity index (χ0n) is 15.9. The molecule has 4 nitrogen and oxygen atoms in total. The Morgan fingerprint density at radius 2 is 1.57 bits per heavy atom. The van der Waals surface area contributed by atoms with Crippen LogP contribution in [0.3, 0.4) is 0 Å². The van der Waals surface area contributed by atoms with Crippen molar-refractivity contribution in [2.75, 3.05) is 18.4 Å². The molecule has 0 atom stereocenters. The molecule has 0 unspecified atom stereocenters. The molecule has 1 aromatic rings. The molecule has 0 aliphatic rings. The van der Waals surface area contributed by atoms with E-state index in [2.05, 4.69) is 37.4 Å². The first kappa shape index (κ1) is 19.3. The molecule has 0 aromatic heterocycles. The fourth-order valence-corrected chi connectivity index (χ4v) is 2.41. The van der Waals surface area contributed by atoms with Crippen molar-refractivity contribution in [1.29, 1.82) is 0 Å². The minimum Gasteiger partial charge on any atom is -0.444 e. The van der Waals surface area contributed by atoms with Crippen molar-refractivity contribution in [2.45, 2.75) is 66.5 Å². The maximum atomic E-state index is 12.4. The average Bonchev–Trinajstić information content (AvgIpc) is 2.29. The van der Waals surface area contributed by atoms with E-state index in [4.69, 9.17) is 4.74 Å². The Bertz CT molecular complexity index is 519. The highest BCUT2D eigenvalue weighted by molar-refractivity contribution is 5.69. The van der Waals surface area contributed by atoms with E-state index in [-0.39, 0.29) is 11.6 Å². The normalized spacial score (nSPS) is 12.0. The van der Waals surface area contributed by atoms with Gasteiger partial charge in [-0.05, 0) is 78.6 Å². The van der Waals surface area contributed by atoms with E-state index in [1.54, 1.807) is 4.90 Å². The van der Waals surface area contributed by atoms with Crippen molar-refractivity contribution in [1.82, 2.24) is 4.90 Å². The standard InChI is InChI=1S/C19H32N2O2/c1-14-11-15(2)13-16(12-14)20-9-10-21(18(3,4)5)17(22)23-19(6,7)8/h11-13,20H,9-10H2,1-8H3. The molecule has 0 saturated carbocycles. The fraction of sp³-hybridized carbons (Fsp3) is 0.632. The Hall–Kier alpha value is -1.71. The van der Waals surface area contributed by atoms with Gasteiger partial charge >= 0.3 is 6.09 Å². The van der Waals surface area contributed by atoms with Gasteiger partial charge in [0.05, 0.1) is 0 Å². The number of nitrogens with one attached hydrogen (secondary N) is 1. The number of ether oxygens (including phenoxy) is 1. The number of benzene rings is 1. The van der Waals surface area contributed by atoms with E-state index in [1.165, 1.54) is 11.1 Å². The smallest absolute Gasteiger partial charge is 0.410 e. The molecule has 0 heterocycles. The molecule has 23 heavy (non-hydrogen) atoms. The molecule has 4 heteroatoms. The summed E-state index contributed by atoms with van der Waals surface area (Å²) in [4.78, 5) is 14.2. The number of hydrogen-bond acceptors (Lipinski definition) is 3. The highest BCUT2D eigenvalue weighted by atomic mass is 16.6. The van der Waals surface area contributed by atoms with Crippen molar-refractivity contribution in [3.05, 3.63) is 29.3 Å². The Morgan fingerprint density at radius 3 is 2.00 bits per heavy atom. The second kappa shape index (κ2) is 7.24. The molecule has 1 aromatic carbocycles. The lowest BCUT2D eigenvalue weighted by Gasteiger charge is -2.37. The summed E-state index contributed by atoms with van der Waals surface area (Å²) in [6.07, 6.45) is -0.271. The van der Waals surface area contributed by atoms with Gasteiger partial charge in [-0.1, -0.05) is 6.07 Å². The van der Waals surface area contributed by atoms with Gasteiger partial charge in [0.2, 0.25) is 0 Å². The summed E-state index contributed by atoms with van der Waals surface area (Å²) in [6, 6.07) is 6.37. The van der Waals surface area contributed by atoms with Crippen LogP contribution in [0.1, 0.15) is 52.7 Å². The molecule has 0 bridgehead atoms. The molecule has 1 N–H and O–H groups in total. The summed E-state index contributed by atoms with van der Waals surface area (Å²) in [5.41, 5.74) is 2.77. The van der Waals surface area contributed by atoms with Crippen LogP contribution < -0.4 is 5.32 Å². The van der Waals surface area contributed by atoms with Crippen molar-refractivity contribution in [3.63, 3.8) is 0 Å². The van der Waals surface area contributed by atoms with E-state index < -0.39 is 5.60 Å². The van der Waals surface area contributed by atoms with Gasteiger partial charge in [0, 0.05) is 24.3 Å². The van der Waals surface area contributed by atoms with Gasteiger partial charge in [-0.15, -0.1) is 0 Å². The average molecular weight is 320 g/mol. The highest BCUT2D eigenvalue weighted by Crippen LogP contribution is 2.19. The minimum absolute atomic E-state index is 0.271. The molecule has 130 valence electrons. The second-order valence-corrected chi connectivity index (χ2v) is 8.11. The first-order chi connectivity index (χ1) is 10.4. The van der Waals surface area contributed by atoms with Gasteiger partial charge in [-0.2, -0.15) is 0 Å². The van der Waals surface area contributed by atoms with E-state index in [1.807, 2.05) is 41.5 Å². The van der Waals surface area contributed by atoms with Gasteiger partial charge in [0.15, 0.2) is 0 Å². The summed E-state index contributed by atoms with van der Waals surface area (Å²) < 4.78 is 5.53. The third-order valence-corrected chi connectivity index (χ3v) is 3.31. The molecule has 1 amide bonds. The molecule has 0 aliphatic carbocycles. The molecule has 0 radical (unpaired) electrons. The Balaban J connectivity index is 2.70. The molecule has 0 aliphatic heterocycles. The maximum absolute atomic E-state index is 12.4. The zero-order valence-corrected chi connectivity index (χ0v) is 15.9. The monoisotopic (exact) mass is 320 g/mol. The van der Waals surface area contributed by atoms with Crippen molar-refractivity contribution in [2.24, 2.45) is 0 Å². The van der Waals surface area contributed by atoms with Gasteiger partial charge in [0.1, 0.15) is 5.60 Å². The number of hydrogen-bond donors (Lipinski definition) is 1.